The van der Waals surface area contributed by atoms with Crippen LogP contribution in [0.2, 0.25) is 0 Å². The van der Waals surface area contributed by atoms with Gasteiger partial charge in [-0.05, 0) is 23.8 Å². The Hall–Kier alpha value is -4.35. The molecule has 3 atom stereocenters. The lowest BCUT2D eigenvalue weighted by Crippen LogP contribution is -2.41. The highest BCUT2D eigenvalue weighted by Gasteiger charge is 2.60. The Bertz CT molecular complexity index is 1260. The molecule has 0 N–H and O–H groups in total. The van der Waals surface area contributed by atoms with Crippen LogP contribution in [0.5, 0.6) is 5.75 Å². The summed E-state index contributed by atoms with van der Waals surface area (Å²) in [5.74, 6) is -0.269. The zero-order chi connectivity index (χ0) is 25.2. The topological polar surface area (TPSA) is 140 Å². The minimum absolute atomic E-state index is 0.0779. The number of carbonyl (C=O) groups is 1. The number of carbonyl (C=O) groups excluding carboxylic acids is 1. The van der Waals surface area contributed by atoms with Gasteiger partial charge >= 0.3 is 5.97 Å². The molecule has 0 unspecified atom stereocenters. The van der Waals surface area contributed by atoms with E-state index in [0.717, 1.165) is 12.1 Å². The normalized spacial score (nSPS) is 21.3. The van der Waals surface area contributed by atoms with Crippen LogP contribution in [0.1, 0.15) is 29.1 Å². The van der Waals surface area contributed by atoms with Crippen LogP contribution in [-0.2, 0) is 24.6 Å². The predicted molar refractivity (Wildman–Crippen MR) is 121 cm³/mol. The number of nitro benzene ring substituents is 2. The van der Waals surface area contributed by atoms with Crippen LogP contribution in [0.15, 0.2) is 72.8 Å². The number of esters is 1. The molecule has 0 radical (unpaired) electrons. The van der Waals surface area contributed by atoms with Gasteiger partial charge in [0.25, 0.3) is 11.4 Å². The first kappa shape index (κ1) is 23.8. The molecule has 0 bridgehead atoms. The van der Waals surface area contributed by atoms with Crippen LogP contribution < -0.4 is 4.74 Å². The summed E-state index contributed by atoms with van der Waals surface area (Å²) in [5.41, 5.74) is -2.24. The third kappa shape index (κ3) is 4.18. The summed E-state index contributed by atoms with van der Waals surface area (Å²) in [6, 6.07) is 18.1. The second-order valence-corrected chi connectivity index (χ2v) is 7.59. The second kappa shape index (κ2) is 9.49. The molecule has 3 aromatic rings. The Morgan fingerprint density at radius 2 is 1.63 bits per heavy atom. The van der Waals surface area contributed by atoms with Crippen molar-refractivity contribution in [2.75, 3.05) is 14.2 Å². The van der Waals surface area contributed by atoms with Crippen molar-refractivity contribution < 1.29 is 33.6 Å². The molecule has 1 fully saturated rings. The zero-order valence-electron chi connectivity index (χ0n) is 18.7. The first-order chi connectivity index (χ1) is 16.8. The highest BCUT2D eigenvalue weighted by Crippen LogP contribution is 2.55. The average Bonchev–Trinajstić information content (AvgIpc) is 3.30. The van der Waals surface area contributed by atoms with Gasteiger partial charge in [-0.15, -0.1) is 0 Å². The summed E-state index contributed by atoms with van der Waals surface area (Å²) in [4.78, 5) is 35.0. The second-order valence-electron chi connectivity index (χ2n) is 7.59. The van der Waals surface area contributed by atoms with E-state index in [1.807, 2.05) is 0 Å². The lowest BCUT2D eigenvalue weighted by Gasteiger charge is -2.30. The third-order valence-corrected chi connectivity index (χ3v) is 5.71. The van der Waals surface area contributed by atoms with Gasteiger partial charge in [-0.3, -0.25) is 20.2 Å². The molecule has 0 saturated carbocycles. The van der Waals surface area contributed by atoms with Gasteiger partial charge in [0, 0.05) is 11.6 Å². The van der Waals surface area contributed by atoms with Gasteiger partial charge in [-0.2, -0.15) is 0 Å². The Morgan fingerprint density at radius 1 is 0.943 bits per heavy atom. The van der Waals surface area contributed by atoms with E-state index in [9.17, 15) is 25.0 Å². The Balaban J connectivity index is 1.93. The Labute approximate surface area is 199 Å². The summed E-state index contributed by atoms with van der Waals surface area (Å²) in [6.45, 7) is 0. The highest BCUT2D eigenvalue weighted by molar-refractivity contribution is 5.83. The number of non-ortho nitro benzene ring substituents is 1. The molecule has 1 heterocycles. The largest absolute Gasteiger partial charge is 0.497 e. The predicted octanol–water partition coefficient (Wildman–Crippen LogP) is 4.37. The smallest absolute Gasteiger partial charge is 0.346 e. The van der Waals surface area contributed by atoms with E-state index in [1.54, 1.807) is 54.6 Å². The van der Waals surface area contributed by atoms with Gasteiger partial charge in [0.2, 0.25) is 5.60 Å². The van der Waals surface area contributed by atoms with E-state index in [0.29, 0.717) is 16.9 Å². The van der Waals surface area contributed by atoms with E-state index in [1.165, 1.54) is 20.3 Å². The summed E-state index contributed by atoms with van der Waals surface area (Å²) in [7, 11) is 2.68. The average molecular weight is 480 g/mol. The van der Waals surface area contributed by atoms with E-state index >= 15 is 0 Å². The number of ether oxygens (including phenoxy) is 4. The molecule has 1 saturated heterocycles. The van der Waals surface area contributed by atoms with Crippen molar-refractivity contribution in [2.45, 2.75) is 18.0 Å². The van der Waals surface area contributed by atoms with Crippen LogP contribution in [0, 0.1) is 20.2 Å². The minimum atomic E-state index is -1.94. The zero-order valence-corrected chi connectivity index (χ0v) is 18.7. The number of hydrogen-bond acceptors (Lipinski definition) is 9. The highest BCUT2D eigenvalue weighted by atomic mass is 16.8. The molecule has 11 nitrogen and oxygen atoms in total. The molecule has 0 spiro atoms. The molecular weight excluding hydrogens is 460 g/mol. The molecule has 0 amide bonds. The molecule has 0 aromatic heterocycles. The summed E-state index contributed by atoms with van der Waals surface area (Å²) in [5, 5.41) is 23.2. The lowest BCUT2D eigenvalue weighted by molar-refractivity contribution is -0.395. The number of hydrogen-bond donors (Lipinski definition) is 0. The molecule has 180 valence electrons. The van der Waals surface area contributed by atoms with Crippen molar-refractivity contribution in [3.63, 3.8) is 0 Å². The molecule has 1 aliphatic rings. The van der Waals surface area contributed by atoms with Crippen LogP contribution in [0.3, 0.4) is 0 Å². The first-order valence-corrected chi connectivity index (χ1v) is 10.4. The Morgan fingerprint density at radius 3 is 2.20 bits per heavy atom. The lowest BCUT2D eigenvalue weighted by atomic mass is 9.83. The monoisotopic (exact) mass is 480 g/mol. The quantitative estimate of drug-likeness (QED) is 0.274. The van der Waals surface area contributed by atoms with Gasteiger partial charge in [0.15, 0.2) is 6.29 Å². The standard InChI is InChI=1S/C24H20N2O9/c1-32-18-11-8-15(9-12-18)22-34-21(19-13-10-17(25(28)29)14-20(19)26(30)31)24(35-22,23(27)33-2)16-6-4-3-5-7-16/h3-14,21-22H,1-2H3/t21-,22-,24+/m0/s1. The summed E-state index contributed by atoms with van der Waals surface area (Å²) in [6.07, 6.45) is -2.49. The fraction of sp³-hybridized carbons (Fsp3) is 0.208. The van der Waals surface area contributed by atoms with E-state index < -0.39 is 45.2 Å². The minimum Gasteiger partial charge on any atom is -0.497 e. The molecule has 0 aliphatic carbocycles. The van der Waals surface area contributed by atoms with Gasteiger partial charge in [0.05, 0.1) is 35.7 Å². The fourth-order valence-corrected chi connectivity index (χ4v) is 4.03. The van der Waals surface area contributed by atoms with Crippen LogP contribution in [-0.4, -0.2) is 30.0 Å². The maximum atomic E-state index is 13.3. The maximum Gasteiger partial charge on any atom is 0.346 e. The van der Waals surface area contributed by atoms with Crippen molar-refractivity contribution in [1.29, 1.82) is 0 Å². The SMILES string of the molecule is COC(=O)[C@]1(c2ccccc2)O[C@@H](c2ccc(OC)cc2)O[C@H]1c1ccc([N+](=O)[O-])cc1[N+](=O)[O-]. The van der Waals surface area contributed by atoms with Gasteiger partial charge in [0.1, 0.15) is 11.9 Å². The fourth-order valence-electron chi connectivity index (χ4n) is 4.03. The number of benzene rings is 3. The van der Waals surface area contributed by atoms with Crippen molar-refractivity contribution >= 4 is 17.3 Å². The van der Waals surface area contributed by atoms with Crippen molar-refractivity contribution in [3.8, 4) is 5.75 Å². The number of methoxy groups -OCH3 is 2. The first-order valence-electron chi connectivity index (χ1n) is 10.4. The van der Waals surface area contributed by atoms with E-state index in [4.69, 9.17) is 18.9 Å². The molecule has 11 heteroatoms. The molecular formula is C24H20N2O9. The van der Waals surface area contributed by atoms with Gasteiger partial charge in [-0.25, -0.2) is 4.79 Å². The molecule has 4 rings (SSSR count). The number of rotatable bonds is 7. The summed E-state index contributed by atoms with van der Waals surface area (Å²) < 4.78 is 22.6. The third-order valence-electron chi connectivity index (χ3n) is 5.71. The maximum absolute atomic E-state index is 13.3. The van der Waals surface area contributed by atoms with Crippen molar-refractivity contribution in [2.24, 2.45) is 0 Å². The molecule has 35 heavy (non-hydrogen) atoms. The van der Waals surface area contributed by atoms with E-state index in [-0.39, 0.29) is 5.56 Å². The van der Waals surface area contributed by atoms with Crippen LogP contribution in [0.4, 0.5) is 11.4 Å². The van der Waals surface area contributed by atoms with E-state index in [2.05, 4.69) is 0 Å². The van der Waals surface area contributed by atoms with Crippen LogP contribution >= 0.6 is 0 Å². The molecule has 1 aliphatic heterocycles. The molecule has 3 aromatic carbocycles. The van der Waals surface area contributed by atoms with Crippen LogP contribution in [0.25, 0.3) is 0 Å². The van der Waals surface area contributed by atoms with Crippen molar-refractivity contribution in [1.82, 2.24) is 0 Å². The number of nitro groups is 2. The Kier molecular flexibility index (Phi) is 6.45. The van der Waals surface area contributed by atoms with Gasteiger partial charge < -0.3 is 18.9 Å². The summed E-state index contributed by atoms with van der Waals surface area (Å²) >= 11 is 0. The van der Waals surface area contributed by atoms with Gasteiger partial charge in [-0.1, -0.05) is 42.5 Å². The van der Waals surface area contributed by atoms with Crippen molar-refractivity contribution in [3.05, 3.63) is 110 Å². The number of nitrogens with zero attached hydrogens (tertiary/aromatic N) is 2.